The van der Waals surface area contributed by atoms with Gasteiger partial charge in [0.05, 0.1) is 25.8 Å². The van der Waals surface area contributed by atoms with Crippen LogP contribution in [-0.2, 0) is 18.5 Å². The number of hydrogen-bond donors (Lipinski definition) is 2. The number of rotatable bonds is 5. The molecule has 2 saturated heterocycles. The Bertz CT molecular complexity index is 1220. The second-order valence-electron chi connectivity index (χ2n) is 11.5. The van der Waals surface area contributed by atoms with E-state index >= 15 is 0 Å². The second kappa shape index (κ2) is 9.37. The number of aliphatic hydroxyl groups is 1. The lowest BCUT2D eigenvalue weighted by Crippen LogP contribution is -2.54. The van der Waals surface area contributed by atoms with Gasteiger partial charge in [-0.2, -0.15) is 0 Å². The Morgan fingerprint density at radius 1 is 1.03 bits per heavy atom. The maximum Gasteiger partial charge on any atom is 0.325 e. The van der Waals surface area contributed by atoms with Gasteiger partial charge in [0.2, 0.25) is 0 Å². The van der Waals surface area contributed by atoms with E-state index in [4.69, 9.17) is 4.74 Å². The van der Waals surface area contributed by atoms with Crippen molar-refractivity contribution in [3.63, 3.8) is 0 Å². The Hall–Kier alpha value is -3.03. The molecule has 3 aliphatic rings. The first-order valence-electron chi connectivity index (χ1n) is 13.2. The van der Waals surface area contributed by atoms with Crippen LogP contribution in [-0.4, -0.2) is 69.8 Å². The number of aryl methyl sites for hydroxylation is 2. The molecule has 0 atom stereocenters. The summed E-state index contributed by atoms with van der Waals surface area (Å²) in [6.45, 7) is 11.8. The third kappa shape index (κ3) is 4.38. The summed E-state index contributed by atoms with van der Waals surface area (Å²) < 4.78 is 5.67. The highest BCUT2D eigenvalue weighted by Crippen LogP contribution is 2.50. The quantitative estimate of drug-likeness (QED) is 0.628. The van der Waals surface area contributed by atoms with E-state index in [0.717, 1.165) is 49.3 Å². The van der Waals surface area contributed by atoms with Gasteiger partial charge in [0.15, 0.2) is 0 Å². The molecule has 0 unspecified atom stereocenters. The van der Waals surface area contributed by atoms with Gasteiger partial charge >= 0.3 is 6.03 Å². The highest BCUT2D eigenvalue weighted by molar-refractivity contribution is 5.83. The zero-order valence-electron chi connectivity index (χ0n) is 22.7. The Morgan fingerprint density at radius 2 is 1.70 bits per heavy atom. The summed E-state index contributed by atoms with van der Waals surface area (Å²) in [5.41, 5.74) is 5.89. The van der Waals surface area contributed by atoms with Crippen molar-refractivity contribution in [2.75, 3.05) is 33.4 Å². The number of likely N-dealkylation sites (tertiary alicyclic amines) is 1. The highest BCUT2D eigenvalue weighted by atomic mass is 16.5. The number of aliphatic hydroxyl groups excluding tert-OH is 1. The number of nitrogens with zero attached hydrogens (tertiary/aromatic N) is 3. The van der Waals surface area contributed by atoms with Crippen molar-refractivity contribution in [3.8, 4) is 11.5 Å². The first-order valence-corrected chi connectivity index (χ1v) is 13.2. The zero-order valence-corrected chi connectivity index (χ0v) is 22.7. The van der Waals surface area contributed by atoms with Crippen LogP contribution < -0.4 is 4.74 Å². The Labute approximate surface area is 219 Å². The Morgan fingerprint density at radius 3 is 2.32 bits per heavy atom. The molecule has 7 nitrogen and oxygen atoms in total. The first-order chi connectivity index (χ1) is 17.6. The summed E-state index contributed by atoms with van der Waals surface area (Å²) >= 11 is 0. The number of fused-ring (bicyclic) bond motifs is 3. The summed E-state index contributed by atoms with van der Waals surface area (Å²) in [6, 6.07) is 10.0. The zero-order chi connectivity index (χ0) is 26.5. The lowest BCUT2D eigenvalue weighted by molar-refractivity contribution is 0.0745. The number of benzene rings is 2. The van der Waals surface area contributed by atoms with Gasteiger partial charge in [0.1, 0.15) is 11.5 Å². The lowest BCUT2D eigenvalue weighted by Gasteiger charge is -2.45. The third-order valence-corrected chi connectivity index (χ3v) is 8.30. The van der Waals surface area contributed by atoms with Crippen molar-refractivity contribution in [2.45, 2.75) is 64.6 Å². The van der Waals surface area contributed by atoms with Crippen LogP contribution in [0.4, 0.5) is 4.79 Å². The predicted molar refractivity (Wildman–Crippen MR) is 144 cm³/mol. The van der Waals surface area contributed by atoms with E-state index in [1.807, 2.05) is 9.80 Å². The molecule has 0 bridgehead atoms. The molecule has 198 valence electrons. The van der Waals surface area contributed by atoms with Crippen molar-refractivity contribution < 1.29 is 19.7 Å². The number of urea groups is 1. The molecule has 7 heteroatoms. The third-order valence-electron chi connectivity index (χ3n) is 8.30. The molecule has 37 heavy (non-hydrogen) atoms. The second-order valence-corrected chi connectivity index (χ2v) is 11.5. The minimum Gasteiger partial charge on any atom is -0.508 e. The molecule has 3 aliphatic heterocycles. The summed E-state index contributed by atoms with van der Waals surface area (Å²) in [4.78, 5) is 20.1. The van der Waals surface area contributed by atoms with E-state index in [0.29, 0.717) is 18.8 Å². The molecule has 0 aromatic heterocycles. The number of amides is 2. The maximum atomic E-state index is 13.9. The van der Waals surface area contributed by atoms with E-state index < -0.39 is 11.0 Å². The fraction of sp³-hybridized carbons (Fsp3) is 0.500. The number of ether oxygens (including phenoxy) is 1. The van der Waals surface area contributed by atoms with Gasteiger partial charge in [-0.15, -0.1) is 0 Å². The van der Waals surface area contributed by atoms with Gasteiger partial charge in [0.25, 0.3) is 0 Å². The van der Waals surface area contributed by atoms with Crippen LogP contribution in [0.15, 0.2) is 42.1 Å². The number of β-amino-alcohol motifs (C(OH)–C–C–N with tert-alkyl or cyclic N) is 1. The van der Waals surface area contributed by atoms with Gasteiger partial charge in [-0.25, -0.2) is 4.79 Å². The molecular formula is C30H39N3O4. The molecule has 0 saturated carbocycles. The predicted octanol–water partition coefficient (Wildman–Crippen LogP) is 4.46. The molecule has 2 aromatic carbocycles. The average molecular weight is 506 g/mol. The fourth-order valence-corrected chi connectivity index (χ4v) is 6.88. The van der Waals surface area contributed by atoms with Crippen LogP contribution in [0.2, 0.25) is 0 Å². The molecule has 2 fully saturated rings. The van der Waals surface area contributed by atoms with Crippen LogP contribution in [0.1, 0.15) is 54.5 Å². The van der Waals surface area contributed by atoms with Gasteiger partial charge in [-0.05, 0) is 43.9 Å². The number of allylic oxidation sites excluding steroid dienone is 1. The van der Waals surface area contributed by atoms with Crippen molar-refractivity contribution in [3.05, 3.63) is 69.9 Å². The number of phenolic OH excluding ortho intramolecular Hbond substituents is 1. The smallest absolute Gasteiger partial charge is 0.325 e. The van der Waals surface area contributed by atoms with Crippen LogP contribution in [0.5, 0.6) is 11.5 Å². The highest BCUT2D eigenvalue weighted by Gasteiger charge is 2.56. The molecule has 2 N–H and O–H groups in total. The largest absolute Gasteiger partial charge is 0.508 e. The van der Waals surface area contributed by atoms with Gasteiger partial charge in [0, 0.05) is 48.9 Å². The van der Waals surface area contributed by atoms with Crippen LogP contribution in [0, 0.1) is 13.8 Å². The Balaban J connectivity index is 1.50. The van der Waals surface area contributed by atoms with Crippen LogP contribution in [0.25, 0.3) is 0 Å². The fourth-order valence-electron chi connectivity index (χ4n) is 6.88. The maximum absolute atomic E-state index is 13.9. The molecular weight excluding hydrogens is 466 g/mol. The van der Waals surface area contributed by atoms with E-state index in [-0.39, 0.29) is 18.4 Å². The van der Waals surface area contributed by atoms with E-state index in [9.17, 15) is 15.0 Å². The first kappa shape index (κ1) is 25.6. The molecule has 0 radical (unpaired) electrons. The monoisotopic (exact) mass is 505 g/mol. The van der Waals surface area contributed by atoms with Gasteiger partial charge < -0.3 is 19.8 Å². The molecule has 3 heterocycles. The number of aromatic hydroxyl groups is 1. The van der Waals surface area contributed by atoms with Crippen molar-refractivity contribution in [1.29, 1.82) is 0 Å². The molecule has 2 amide bonds. The van der Waals surface area contributed by atoms with Gasteiger partial charge in [-0.1, -0.05) is 49.2 Å². The van der Waals surface area contributed by atoms with Crippen LogP contribution in [0.3, 0.4) is 0 Å². The number of methoxy groups -OCH3 is 1. The van der Waals surface area contributed by atoms with E-state index in [1.165, 1.54) is 16.7 Å². The van der Waals surface area contributed by atoms with E-state index in [2.05, 4.69) is 56.9 Å². The number of carbonyl (C=O) groups excluding carboxylic acids is 1. The molecule has 5 rings (SSSR count). The minimum absolute atomic E-state index is 0.0739. The normalized spacial score (nSPS) is 20.5. The van der Waals surface area contributed by atoms with Crippen molar-refractivity contribution in [1.82, 2.24) is 14.7 Å². The molecule has 2 aromatic rings. The topological polar surface area (TPSA) is 76.5 Å². The Kier molecular flexibility index (Phi) is 6.49. The van der Waals surface area contributed by atoms with Gasteiger partial charge in [-0.3, -0.25) is 9.80 Å². The number of phenols is 1. The minimum atomic E-state index is -0.465. The SMILES string of the molecule is COc1cc(O)cc2c1C(C)(C)C=C1N(C2)C(=O)N(CCO)C12CCN(Cc1cc(C)cc(C)c1)CC2. The lowest BCUT2D eigenvalue weighted by atomic mass is 9.77. The number of carbonyl (C=O) groups is 1. The number of hydrogen-bond acceptors (Lipinski definition) is 5. The van der Waals surface area contributed by atoms with E-state index in [1.54, 1.807) is 19.2 Å². The summed E-state index contributed by atoms with van der Waals surface area (Å²) in [5, 5.41) is 20.3. The van der Waals surface area contributed by atoms with Crippen LogP contribution >= 0.6 is 0 Å². The molecule has 0 aliphatic carbocycles. The summed E-state index contributed by atoms with van der Waals surface area (Å²) in [5.74, 6) is 0.762. The summed E-state index contributed by atoms with van der Waals surface area (Å²) in [7, 11) is 1.62. The van der Waals surface area contributed by atoms with Crippen molar-refractivity contribution in [2.24, 2.45) is 0 Å². The summed E-state index contributed by atoms with van der Waals surface area (Å²) in [6.07, 6.45) is 3.84. The average Bonchev–Trinajstić information content (AvgIpc) is 2.93. The number of piperidine rings is 1. The standard InChI is InChI=1S/C30H39N3O4/c1-20-12-21(2)14-22(13-20)18-31-8-6-30(7-9-31)26-17-29(3,4)27-23(15-24(35)16-25(27)37-5)19-32(26)28(36)33(30)10-11-34/h12-17,34-35H,6-11,18-19H2,1-5H3. The van der Waals surface area contributed by atoms with Crippen molar-refractivity contribution >= 4 is 6.03 Å². The molecule has 1 spiro atoms.